The predicted molar refractivity (Wildman–Crippen MR) is 106 cm³/mol. The third-order valence-electron chi connectivity index (χ3n) is 4.27. The van der Waals surface area contributed by atoms with Crippen LogP contribution in [0.25, 0.3) is 0 Å². The molecule has 0 aromatic heterocycles. The fourth-order valence-corrected chi connectivity index (χ4v) is 2.86. The van der Waals surface area contributed by atoms with Crippen molar-refractivity contribution in [2.24, 2.45) is 0 Å². The molecule has 28 heavy (non-hydrogen) atoms. The highest BCUT2D eigenvalue weighted by Crippen LogP contribution is 2.32. The van der Waals surface area contributed by atoms with E-state index in [1.54, 1.807) is 42.5 Å². The second-order valence-electron chi connectivity index (χ2n) is 6.31. The van der Waals surface area contributed by atoms with Gasteiger partial charge in [0.15, 0.2) is 11.5 Å². The van der Waals surface area contributed by atoms with E-state index in [9.17, 15) is 9.59 Å². The van der Waals surface area contributed by atoms with E-state index in [2.05, 4.69) is 10.6 Å². The summed E-state index contributed by atoms with van der Waals surface area (Å²) in [6.45, 7) is 0.165. The average Bonchev–Trinajstić information content (AvgIpc) is 3.18. The molecule has 2 amide bonds. The molecule has 0 fully saturated rings. The summed E-state index contributed by atoms with van der Waals surface area (Å²) in [6.07, 6.45) is 0.309. The van der Waals surface area contributed by atoms with E-state index in [-0.39, 0.29) is 18.6 Å². The minimum absolute atomic E-state index is 0.0941. The summed E-state index contributed by atoms with van der Waals surface area (Å²) in [5.74, 6) is 0.846. The molecule has 0 saturated heterocycles. The van der Waals surface area contributed by atoms with Gasteiger partial charge in [-0.15, -0.1) is 0 Å². The van der Waals surface area contributed by atoms with Crippen LogP contribution in [0, 0.1) is 0 Å². The van der Waals surface area contributed by atoms with Gasteiger partial charge in [0.25, 0.3) is 5.91 Å². The van der Waals surface area contributed by atoms with E-state index in [0.717, 1.165) is 5.56 Å². The van der Waals surface area contributed by atoms with Gasteiger partial charge < -0.3 is 20.1 Å². The SMILES string of the molecule is O=C(Cc1ccccc1)Nc1ccc(NC(=O)c2ccc3c(c2)OCO3)cc1. The number of nitrogens with one attached hydrogen (secondary N) is 2. The van der Waals surface area contributed by atoms with E-state index >= 15 is 0 Å². The van der Waals surface area contributed by atoms with Crippen molar-refractivity contribution in [2.45, 2.75) is 6.42 Å². The Morgan fingerprint density at radius 3 is 2.21 bits per heavy atom. The number of hydrogen-bond acceptors (Lipinski definition) is 4. The topological polar surface area (TPSA) is 76.7 Å². The van der Waals surface area contributed by atoms with Crippen LogP contribution in [-0.2, 0) is 11.2 Å². The molecule has 0 aliphatic carbocycles. The van der Waals surface area contributed by atoms with Crippen LogP contribution in [-0.4, -0.2) is 18.6 Å². The Morgan fingerprint density at radius 1 is 0.786 bits per heavy atom. The molecule has 3 aromatic rings. The number of carbonyl (C=O) groups is 2. The minimum atomic E-state index is -0.251. The Morgan fingerprint density at radius 2 is 1.46 bits per heavy atom. The van der Waals surface area contributed by atoms with Gasteiger partial charge >= 0.3 is 0 Å². The first-order valence-electron chi connectivity index (χ1n) is 8.82. The monoisotopic (exact) mass is 374 g/mol. The van der Waals surface area contributed by atoms with Gasteiger partial charge in [0.2, 0.25) is 12.7 Å². The first-order valence-corrected chi connectivity index (χ1v) is 8.82. The smallest absolute Gasteiger partial charge is 0.255 e. The summed E-state index contributed by atoms with van der Waals surface area (Å²) in [5, 5.41) is 5.67. The number of carbonyl (C=O) groups excluding carboxylic acids is 2. The van der Waals surface area contributed by atoms with Gasteiger partial charge in [0.1, 0.15) is 0 Å². The molecular weight excluding hydrogens is 356 g/mol. The van der Waals surface area contributed by atoms with E-state index < -0.39 is 0 Å². The van der Waals surface area contributed by atoms with Crippen molar-refractivity contribution in [2.75, 3.05) is 17.4 Å². The molecule has 0 bridgehead atoms. The molecule has 3 aromatic carbocycles. The van der Waals surface area contributed by atoms with Crippen LogP contribution in [0.4, 0.5) is 11.4 Å². The second kappa shape index (κ2) is 7.84. The fourth-order valence-electron chi connectivity index (χ4n) is 2.86. The molecular formula is C22H18N2O4. The van der Waals surface area contributed by atoms with Gasteiger partial charge in [-0.25, -0.2) is 0 Å². The van der Waals surface area contributed by atoms with Crippen LogP contribution >= 0.6 is 0 Å². The lowest BCUT2D eigenvalue weighted by Crippen LogP contribution is -2.14. The number of amides is 2. The van der Waals surface area contributed by atoms with Gasteiger partial charge in [0.05, 0.1) is 6.42 Å². The lowest BCUT2D eigenvalue weighted by Gasteiger charge is -2.08. The number of hydrogen-bond donors (Lipinski definition) is 2. The second-order valence-corrected chi connectivity index (χ2v) is 6.31. The summed E-state index contributed by atoms with van der Waals surface area (Å²) >= 11 is 0. The molecule has 0 spiro atoms. The predicted octanol–water partition coefficient (Wildman–Crippen LogP) is 3.85. The number of benzene rings is 3. The number of fused-ring (bicyclic) bond motifs is 1. The molecule has 1 aliphatic rings. The molecule has 0 atom stereocenters. The van der Waals surface area contributed by atoms with Gasteiger partial charge in [-0.1, -0.05) is 30.3 Å². The van der Waals surface area contributed by atoms with Crippen LogP contribution in [0.2, 0.25) is 0 Å². The Labute approximate surface area is 162 Å². The Hall–Kier alpha value is -3.80. The van der Waals surface area contributed by atoms with Crippen LogP contribution in [0.3, 0.4) is 0 Å². The molecule has 0 radical (unpaired) electrons. The molecule has 6 heteroatoms. The van der Waals surface area contributed by atoms with Crippen molar-refractivity contribution in [1.29, 1.82) is 0 Å². The molecule has 1 heterocycles. The van der Waals surface area contributed by atoms with Crippen LogP contribution in [0.15, 0.2) is 72.8 Å². The third kappa shape index (κ3) is 4.12. The summed E-state index contributed by atoms with van der Waals surface area (Å²) in [5.41, 5.74) is 2.72. The first-order chi connectivity index (χ1) is 13.7. The largest absolute Gasteiger partial charge is 0.454 e. The first kappa shape index (κ1) is 17.6. The Bertz CT molecular complexity index is 1000. The summed E-state index contributed by atoms with van der Waals surface area (Å²) < 4.78 is 10.5. The highest BCUT2D eigenvalue weighted by atomic mass is 16.7. The van der Waals surface area contributed by atoms with E-state index in [0.29, 0.717) is 34.9 Å². The van der Waals surface area contributed by atoms with Crippen molar-refractivity contribution in [3.8, 4) is 11.5 Å². The number of anilines is 2. The molecule has 1 aliphatic heterocycles. The highest BCUT2D eigenvalue weighted by Gasteiger charge is 2.16. The van der Waals surface area contributed by atoms with Crippen molar-refractivity contribution >= 4 is 23.2 Å². The van der Waals surface area contributed by atoms with Gasteiger partial charge in [-0.2, -0.15) is 0 Å². The summed E-state index contributed by atoms with van der Waals surface area (Å²) in [6, 6.07) is 21.6. The van der Waals surface area contributed by atoms with E-state index in [4.69, 9.17) is 9.47 Å². The van der Waals surface area contributed by atoms with Crippen molar-refractivity contribution in [1.82, 2.24) is 0 Å². The maximum absolute atomic E-state index is 12.4. The van der Waals surface area contributed by atoms with E-state index in [1.165, 1.54) is 0 Å². The normalized spacial score (nSPS) is 11.7. The zero-order valence-electron chi connectivity index (χ0n) is 15.0. The van der Waals surface area contributed by atoms with Crippen molar-refractivity contribution in [3.63, 3.8) is 0 Å². The molecule has 0 saturated carbocycles. The van der Waals surface area contributed by atoms with Gasteiger partial charge in [0, 0.05) is 16.9 Å². The molecule has 140 valence electrons. The van der Waals surface area contributed by atoms with Gasteiger partial charge in [-0.05, 0) is 48.0 Å². The van der Waals surface area contributed by atoms with Crippen molar-refractivity contribution < 1.29 is 19.1 Å². The number of ether oxygens (including phenoxy) is 2. The lowest BCUT2D eigenvalue weighted by atomic mass is 10.1. The number of rotatable bonds is 5. The summed E-state index contributed by atoms with van der Waals surface area (Å²) in [7, 11) is 0. The zero-order valence-corrected chi connectivity index (χ0v) is 15.0. The van der Waals surface area contributed by atoms with E-state index in [1.807, 2.05) is 30.3 Å². The molecule has 2 N–H and O–H groups in total. The van der Waals surface area contributed by atoms with Crippen molar-refractivity contribution in [3.05, 3.63) is 83.9 Å². The minimum Gasteiger partial charge on any atom is -0.454 e. The average molecular weight is 374 g/mol. The molecule has 0 unspecified atom stereocenters. The lowest BCUT2D eigenvalue weighted by molar-refractivity contribution is -0.115. The summed E-state index contributed by atoms with van der Waals surface area (Å²) in [4.78, 5) is 24.5. The maximum atomic E-state index is 12.4. The molecule has 4 rings (SSSR count). The highest BCUT2D eigenvalue weighted by molar-refractivity contribution is 6.04. The van der Waals surface area contributed by atoms with Gasteiger partial charge in [-0.3, -0.25) is 9.59 Å². The maximum Gasteiger partial charge on any atom is 0.255 e. The molecule has 6 nitrogen and oxygen atoms in total. The standard InChI is InChI=1S/C22H18N2O4/c25-21(12-15-4-2-1-3-5-15)23-17-7-9-18(10-8-17)24-22(26)16-6-11-19-20(13-16)28-14-27-19/h1-11,13H,12,14H2,(H,23,25)(H,24,26). The zero-order chi connectivity index (χ0) is 19.3. The Kier molecular flexibility index (Phi) is 4.93. The van der Waals surface area contributed by atoms with Crippen LogP contribution in [0.1, 0.15) is 15.9 Å². The van der Waals surface area contributed by atoms with Crippen LogP contribution in [0.5, 0.6) is 11.5 Å². The Balaban J connectivity index is 1.35. The quantitative estimate of drug-likeness (QED) is 0.711. The van der Waals surface area contributed by atoms with Crippen LogP contribution < -0.4 is 20.1 Å². The fraction of sp³-hybridized carbons (Fsp3) is 0.0909. The third-order valence-corrected chi connectivity index (χ3v) is 4.27.